The van der Waals surface area contributed by atoms with Gasteiger partial charge < -0.3 is 9.84 Å². The van der Waals surface area contributed by atoms with Crippen molar-refractivity contribution in [2.45, 2.75) is 45.6 Å². The molecular weight excluding hydrogens is 208 g/mol. The van der Waals surface area contributed by atoms with E-state index in [4.69, 9.17) is 4.74 Å². The SMILES string of the molecule is CC(C)(C)OC(=O)[C@@]1(C(=O)O)CC=CCC1. The van der Waals surface area contributed by atoms with Crippen molar-refractivity contribution in [3.05, 3.63) is 12.2 Å². The van der Waals surface area contributed by atoms with Gasteiger partial charge in [-0.1, -0.05) is 12.2 Å². The van der Waals surface area contributed by atoms with E-state index in [1.54, 1.807) is 26.8 Å². The van der Waals surface area contributed by atoms with Crippen molar-refractivity contribution >= 4 is 11.9 Å². The molecule has 1 N–H and O–H groups in total. The van der Waals surface area contributed by atoms with Crippen LogP contribution < -0.4 is 0 Å². The summed E-state index contributed by atoms with van der Waals surface area (Å²) in [6, 6.07) is 0. The monoisotopic (exact) mass is 226 g/mol. The molecule has 0 saturated carbocycles. The molecule has 0 bridgehead atoms. The van der Waals surface area contributed by atoms with Crippen LogP contribution in [0.1, 0.15) is 40.0 Å². The minimum atomic E-state index is -1.39. The average Bonchev–Trinajstić information content (AvgIpc) is 2.16. The smallest absolute Gasteiger partial charge is 0.324 e. The number of carbonyl (C=O) groups excluding carboxylic acids is 1. The van der Waals surface area contributed by atoms with E-state index >= 15 is 0 Å². The van der Waals surface area contributed by atoms with Crippen molar-refractivity contribution < 1.29 is 19.4 Å². The van der Waals surface area contributed by atoms with Gasteiger partial charge in [0, 0.05) is 0 Å². The topological polar surface area (TPSA) is 63.6 Å². The fourth-order valence-electron chi connectivity index (χ4n) is 1.68. The molecule has 0 heterocycles. The molecule has 1 atom stereocenters. The average molecular weight is 226 g/mol. The molecule has 0 unspecified atom stereocenters. The van der Waals surface area contributed by atoms with Gasteiger partial charge in [0.2, 0.25) is 0 Å². The van der Waals surface area contributed by atoms with Crippen molar-refractivity contribution in [1.82, 2.24) is 0 Å². The first-order valence-corrected chi connectivity index (χ1v) is 5.40. The molecule has 4 heteroatoms. The lowest BCUT2D eigenvalue weighted by Gasteiger charge is -2.31. The van der Waals surface area contributed by atoms with Gasteiger partial charge in [-0.25, -0.2) is 0 Å². The van der Waals surface area contributed by atoms with Crippen molar-refractivity contribution in [3.63, 3.8) is 0 Å². The Labute approximate surface area is 95.3 Å². The summed E-state index contributed by atoms with van der Waals surface area (Å²) in [6.07, 6.45) is 4.77. The van der Waals surface area contributed by atoms with Gasteiger partial charge in [-0.05, 0) is 40.0 Å². The second-order valence-electron chi connectivity index (χ2n) is 5.10. The number of carboxylic acid groups (broad SMARTS) is 1. The molecule has 0 amide bonds. The van der Waals surface area contributed by atoms with Gasteiger partial charge in [0.25, 0.3) is 0 Å². The van der Waals surface area contributed by atoms with Gasteiger partial charge in [0.1, 0.15) is 5.60 Å². The molecule has 90 valence electrons. The summed E-state index contributed by atoms with van der Waals surface area (Å²) >= 11 is 0. The molecule has 1 rings (SSSR count). The molecule has 1 aliphatic rings. The maximum Gasteiger partial charge on any atom is 0.324 e. The van der Waals surface area contributed by atoms with E-state index in [2.05, 4.69) is 0 Å². The first-order valence-electron chi connectivity index (χ1n) is 5.40. The number of rotatable bonds is 2. The van der Waals surface area contributed by atoms with E-state index in [9.17, 15) is 14.7 Å². The molecule has 0 spiro atoms. The predicted molar refractivity (Wildman–Crippen MR) is 58.9 cm³/mol. The van der Waals surface area contributed by atoms with Crippen LogP contribution in [-0.4, -0.2) is 22.6 Å². The van der Waals surface area contributed by atoms with Gasteiger partial charge >= 0.3 is 11.9 Å². The first-order chi connectivity index (χ1) is 7.28. The number of esters is 1. The summed E-state index contributed by atoms with van der Waals surface area (Å²) in [6.45, 7) is 5.21. The first kappa shape index (κ1) is 12.7. The molecule has 0 aromatic heterocycles. The Bertz CT molecular complexity index is 324. The Morgan fingerprint density at radius 3 is 2.31 bits per heavy atom. The molecule has 0 fully saturated rings. The lowest BCUT2D eigenvalue weighted by molar-refractivity contribution is -0.177. The van der Waals surface area contributed by atoms with Crippen LogP contribution in [0.4, 0.5) is 0 Å². The van der Waals surface area contributed by atoms with Crippen LogP contribution in [-0.2, 0) is 14.3 Å². The Balaban J connectivity index is 2.90. The molecule has 0 saturated heterocycles. The van der Waals surface area contributed by atoms with Crippen LogP contribution in [0.15, 0.2) is 12.2 Å². The molecule has 0 aromatic rings. The Hall–Kier alpha value is -1.32. The number of ether oxygens (including phenoxy) is 1. The van der Waals surface area contributed by atoms with E-state index in [-0.39, 0.29) is 6.42 Å². The normalized spacial score (nSPS) is 25.2. The zero-order chi connectivity index (χ0) is 12.4. The van der Waals surface area contributed by atoms with Crippen LogP contribution in [0.5, 0.6) is 0 Å². The fourth-order valence-corrected chi connectivity index (χ4v) is 1.68. The van der Waals surface area contributed by atoms with Gasteiger partial charge in [-0.15, -0.1) is 0 Å². The second kappa shape index (κ2) is 4.28. The highest BCUT2D eigenvalue weighted by molar-refractivity contribution is 5.99. The van der Waals surface area contributed by atoms with Crippen LogP contribution in [0.2, 0.25) is 0 Å². The van der Waals surface area contributed by atoms with Crippen LogP contribution in [0, 0.1) is 5.41 Å². The predicted octanol–water partition coefficient (Wildman–Crippen LogP) is 2.14. The zero-order valence-corrected chi connectivity index (χ0v) is 9.95. The number of aliphatic carboxylic acids is 1. The highest BCUT2D eigenvalue weighted by Crippen LogP contribution is 2.35. The molecule has 4 nitrogen and oxygen atoms in total. The Morgan fingerprint density at radius 1 is 1.31 bits per heavy atom. The summed E-state index contributed by atoms with van der Waals surface area (Å²) < 4.78 is 5.19. The number of hydrogen-bond donors (Lipinski definition) is 1. The summed E-state index contributed by atoms with van der Waals surface area (Å²) in [7, 11) is 0. The zero-order valence-electron chi connectivity index (χ0n) is 9.95. The fraction of sp³-hybridized carbons (Fsp3) is 0.667. The largest absolute Gasteiger partial charge is 0.480 e. The Morgan fingerprint density at radius 2 is 1.94 bits per heavy atom. The van der Waals surface area contributed by atoms with Crippen LogP contribution >= 0.6 is 0 Å². The third-order valence-corrected chi connectivity index (χ3v) is 2.57. The second-order valence-corrected chi connectivity index (χ2v) is 5.10. The van der Waals surface area contributed by atoms with Crippen molar-refractivity contribution in [2.75, 3.05) is 0 Å². The number of allylic oxidation sites excluding steroid dienone is 2. The number of carboxylic acids is 1. The van der Waals surface area contributed by atoms with E-state index in [0.717, 1.165) is 0 Å². The quantitative estimate of drug-likeness (QED) is 0.445. The third-order valence-electron chi connectivity index (χ3n) is 2.57. The van der Waals surface area contributed by atoms with Gasteiger partial charge in [-0.2, -0.15) is 0 Å². The number of carbonyl (C=O) groups is 2. The molecule has 0 aliphatic heterocycles. The van der Waals surface area contributed by atoms with Gasteiger partial charge in [0.05, 0.1) is 0 Å². The summed E-state index contributed by atoms with van der Waals surface area (Å²) in [4.78, 5) is 23.2. The van der Waals surface area contributed by atoms with Crippen molar-refractivity contribution in [2.24, 2.45) is 5.41 Å². The van der Waals surface area contributed by atoms with E-state index < -0.39 is 23.0 Å². The number of hydrogen-bond acceptors (Lipinski definition) is 3. The highest BCUT2D eigenvalue weighted by atomic mass is 16.6. The highest BCUT2D eigenvalue weighted by Gasteiger charge is 2.48. The molecule has 0 radical (unpaired) electrons. The van der Waals surface area contributed by atoms with Gasteiger partial charge in [-0.3, -0.25) is 9.59 Å². The molecular formula is C12H18O4. The molecule has 1 aliphatic carbocycles. The van der Waals surface area contributed by atoms with Crippen LogP contribution in [0.25, 0.3) is 0 Å². The summed E-state index contributed by atoms with van der Waals surface area (Å²) in [5.74, 6) is -1.72. The van der Waals surface area contributed by atoms with Crippen LogP contribution in [0.3, 0.4) is 0 Å². The minimum Gasteiger partial charge on any atom is -0.480 e. The van der Waals surface area contributed by atoms with Crippen molar-refractivity contribution in [3.8, 4) is 0 Å². The molecule has 0 aromatic carbocycles. The maximum absolute atomic E-state index is 11.9. The maximum atomic E-state index is 11.9. The Kier molecular flexibility index (Phi) is 3.41. The summed E-state index contributed by atoms with van der Waals surface area (Å²) in [5, 5.41) is 9.22. The minimum absolute atomic E-state index is 0.219. The van der Waals surface area contributed by atoms with E-state index in [0.29, 0.717) is 12.8 Å². The van der Waals surface area contributed by atoms with E-state index in [1.807, 2.05) is 6.08 Å². The standard InChI is InChI=1S/C12H18O4/c1-11(2,3)16-10(15)12(9(13)14)7-5-4-6-8-12/h4-5H,6-8H2,1-3H3,(H,13,14)/t12-/m0/s1. The lowest BCUT2D eigenvalue weighted by atomic mass is 9.77. The van der Waals surface area contributed by atoms with Gasteiger partial charge in [0.15, 0.2) is 5.41 Å². The van der Waals surface area contributed by atoms with E-state index in [1.165, 1.54) is 0 Å². The summed E-state index contributed by atoms with van der Waals surface area (Å²) in [5.41, 5.74) is -2.04. The molecule has 16 heavy (non-hydrogen) atoms. The third kappa shape index (κ3) is 2.62. The lowest BCUT2D eigenvalue weighted by Crippen LogP contribution is -2.44. The van der Waals surface area contributed by atoms with Crippen molar-refractivity contribution in [1.29, 1.82) is 0 Å².